The third kappa shape index (κ3) is 2.99. The Morgan fingerprint density at radius 1 is 1.54 bits per heavy atom. The predicted molar refractivity (Wildman–Crippen MR) is 49.1 cm³/mol. The van der Waals surface area contributed by atoms with E-state index in [4.69, 9.17) is 4.74 Å². The lowest BCUT2D eigenvalue weighted by Gasteiger charge is -2.19. The third-order valence-electron chi connectivity index (χ3n) is 2.17. The second-order valence-electron chi connectivity index (χ2n) is 4.78. The van der Waals surface area contributed by atoms with Crippen LogP contribution in [0.25, 0.3) is 0 Å². The van der Waals surface area contributed by atoms with Gasteiger partial charge in [-0.1, -0.05) is 0 Å². The second kappa shape index (κ2) is 3.29. The van der Waals surface area contributed by atoms with Crippen LogP contribution in [-0.4, -0.2) is 22.8 Å². The largest absolute Gasteiger partial charge is 0.460 e. The fourth-order valence-corrected chi connectivity index (χ4v) is 1.40. The molecule has 1 saturated carbocycles. The summed E-state index contributed by atoms with van der Waals surface area (Å²) in [5.74, 6) is -0.118. The number of aliphatic hydroxyl groups is 1. The van der Waals surface area contributed by atoms with Crippen molar-refractivity contribution in [1.29, 1.82) is 0 Å². The number of aliphatic hydroxyl groups excluding tert-OH is 1. The van der Waals surface area contributed by atoms with Crippen molar-refractivity contribution in [2.45, 2.75) is 45.8 Å². The number of carbonyl (C=O) groups excluding carboxylic acids is 1. The van der Waals surface area contributed by atoms with Gasteiger partial charge in [0.25, 0.3) is 0 Å². The molecule has 1 fully saturated rings. The number of ether oxygens (including phenoxy) is 1. The van der Waals surface area contributed by atoms with Gasteiger partial charge < -0.3 is 9.84 Å². The molecule has 0 aromatic rings. The van der Waals surface area contributed by atoms with Crippen LogP contribution < -0.4 is 0 Å². The summed E-state index contributed by atoms with van der Waals surface area (Å²) >= 11 is 0. The van der Waals surface area contributed by atoms with E-state index in [2.05, 4.69) is 0 Å². The first-order chi connectivity index (χ1) is 5.81. The van der Waals surface area contributed by atoms with Crippen molar-refractivity contribution in [2.24, 2.45) is 11.8 Å². The number of carbonyl (C=O) groups is 1. The Hall–Kier alpha value is -0.570. The third-order valence-corrected chi connectivity index (χ3v) is 2.17. The molecular weight excluding hydrogens is 168 g/mol. The monoisotopic (exact) mass is 186 g/mol. The minimum absolute atomic E-state index is 0.0702. The topological polar surface area (TPSA) is 46.5 Å². The molecule has 0 radical (unpaired) electrons. The van der Waals surface area contributed by atoms with Gasteiger partial charge in [0.05, 0.1) is 12.0 Å². The van der Waals surface area contributed by atoms with Gasteiger partial charge in [0.1, 0.15) is 5.60 Å². The van der Waals surface area contributed by atoms with Crippen LogP contribution in [0, 0.1) is 11.8 Å². The van der Waals surface area contributed by atoms with Gasteiger partial charge in [-0.15, -0.1) is 0 Å². The maximum Gasteiger partial charge on any atom is 0.309 e. The van der Waals surface area contributed by atoms with Gasteiger partial charge in [-0.25, -0.2) is 0 Å². The molecule has 3 nitrogen and oxygen atoms in total. The fourth-order valence-electron chi connectivity index (χ4n) is 1.40. The molecule has 1 aliphatic rings. The highest BCUT2D eigenvalue weighted by atomic mass is 16.6. The van der Waals surface area contributed by atoms with Crippen molar-refractivity contribution >= 4 is 5.97 Å². The summed E-state index contributed by atoms with van der Waals surface area (Å²) in [4.78, 5) is 11.4. The van der Waals surface area contributed by atoms with Crippen molar-refractivity contribution in [3.05, 3.63) is 0 Å². The van der Waals surface area contributed by atoms with Crippen molar-refractivity contribution in [3.63, 3.8) is 0 Å². The van der Waals surface area contributed by atoms with Gasteiger partial charge in [-0.05, 0) is 40.0 Å². The minimum atomic E-state index is -0.414. The summed E-state index contributed by atoms with van der Waals surface area (Å²) in [6, 6.07) is 0. The van der Waals surface area contributed by atoms with E-state index in [1.165, 1.54) is 0 Å². The molecule has 0 spiro atoms. The average Bonchev–Trinajstić information content (AvgIpc) is 2.58. The van der Waals surface area contributed by atoms with Crippen molar-refractivity contribution < 1.29 is 14.6 Å². The van der Waals surface area contributed by atoms with Crippen LogP contribution in [0.1, 0.15) is 34.1 Å². The zero-order valence-corrected chi connectivity index (χ0v) is 8.70. The minimum Gasteiger partial charge on any atom is -0.460 e. The summed E-state index contributed by atoms with van der Waals surface area (Å²) in [5.41, 5.74) is -0.414. The molecule has 3 heteroatoms. The van der Waals surface area contributed by atoms with Crippen LogP contribution in [0.5, 0.6) is 0 Å². The molecule has 3 atom stereocenters. The molecule has 0 aromatic heterocycles. The van der Waals surface area contributed by atoms with E-state index < -0.39 is 11.7 Å². The molecule has 0 saturated heterocycles. The van der Waals surface area contributed by atoms with E-state index in [0.29, 0.717) is 0 Å². The normalized spacial score (nSPS) is 29.6. The van der Waals surface area contributed by atoms with Crippen molar-refractivity contribution in [1.82, 2.24) is 0 Å². The molecule has 0 unspecified atom stereocenters. The highest BCUT2D eigenvalue weighted by molar-refractivity contribution is 5.76. The lowest BCUT2D eigenvalue weighted by Crippen LogP contribution is -2.25. The van der Waals surface area contributed by atoms with E-state index >= 15 is 0 Å². The Morgan fingerprint density at radius 3 is 2.38 bits per heavy atom. The smallest absolute Gasteiger partial charge is 0.309 e. The molecule has 1 aliphatic carbocycles. The number of rotatable bonds is 2. The zero-order chi connectivity index (χ0) is 10.2. The number of esters is 1. The molecule has 13 heavy (non-hydrogen) atoms. The van der Waals surface area contributed by atoms with Gasteiger partial charge in [0.2, 0.25) is 0 Å². The van der Waals surface area contributed by atoms with Crippen LogP contribution in [0.4, 0.5) is 0 Å². The Labute approximate surface area is 79.1 Å². The second-order valence-corrected chi connectivity index (χ2v) is 4.78. The highest BCUT2D eigenvalue weighted by Gasteiger charge is 2.47. The zero-order valence-electron chi connectivity index (χ0n) is 8.70. The van der Waals surface area contributed by atoms with E-state index in [1.54, 1.807) is 6.92 Å². The summed E-state index contributed by atoms with van der Waals surface area (Å²) in [6.45, 7) is 7.27. The summed E-state index contributed by atoms with van der Waals surface area (Å²) in [7, 11) is 0. The Kier molecular flexibility index (Phi) is 2.66. The van der Waals surface area contributed by atoms with Crippen LogP contribution in [-0.2, 0) is 9.53 Å². The van der Waals surface area contributed by atoms with Crippen molar-refractivity contribution in [2.75, 3.05) is 0 Å². The Bertz CT molecular complexity index is 203. The molecule has 76 valence electrons. The van der Waals surface area contributed by atoms with Gasteiger partial charge in [-0.3, -0.25) is 4.79 Å². The first-order valence-electron chi connectivity index (χ1n) is 4.72. The SMILES string of the molecule is C[C@H](O)[C@H]1C[C@@H]1C(=O)OC(C)(C)C. The fraction of sp³-hybridized carbons (Fsp3) is 0.900. The van der Waals surface area contributed by atoms with Gasteiger partial charge >= 0.3 is 5.97 Å². The van der Waals surface area contributed by atoms with E-state index in [1.807, 2.05) is 20.8 Å². The molecular formula is C10H18O3. The summed E-state index contributed by atoms with van der Waals surface area (Å²) < 4.78 is 5.19. The summed E-state index contributed by atoms with van der Waals surface area (Å²) in [5, 5.41) is 9.20. The molecule has 0 bridgehead atoms. The lowest BCUT2D eigenvalue weighted by atomic mass is 10.2. The number of hydrogen-bond donors (Lipinski definition) is 1. The Morgan fingerprint density at radius 2 is 2.08 bits per heavy atom. The standard InChI is InChI=1S/C10H18O3/c1-6(11)7-5-8(7)9(12)13-10(2,3)4/h6-8,11H,5H2,1-4H3/t6-,7+,8-/m0/s1. The molecule has 0 aromatic carbocycles. The average molecular weight is 186 g/mol. The molecule has 1 N–H and O–H groups in total. The first kappa shape index (κ1) is 10.5. The summed E-state index contributed by atoms with van der Waals surface area (Å²) in [6.07, 6.45) is 0.379. The van der Waals surface area contributed by atoms with Crippen LogP contribution in [0.2, 0.25) is 0 Å². The molecule has 0 aliphatic heterocycles. The number of hydrogen-bond acceptors (Lipinski definition) is 3. The van der Waals surface area contributed by atoms with E-state index in [-0.39, 0.29) is 17.8 Å². The first-order valence-corrected chi connectivity index (χ1v) is 4.72. The predicted octanol–water partition coefficient (Wildman–Crippen LogP) is 1.34. The maximum absolute atomic E-state index is 11.4. The van der Waals surface area contributed by atoms with Gasteiger partial charge in [0, 0.05) is 0 Å². The maximum atomic E-state index is 11.4. The highest BCUT2D eigenvalue weighted by Crippen LogP contribution is 2.42. The quantitative estimate of drug-likeness (QED) is 0.662. The Balaban J connectivity index is 2.36. The van der Waals surface area contributed by atoms with E-state index in [9.17, 15) is 9.90 Å². The molecule has 0 amide bonds. The van der Waals surface area contributed by atoms with E-state index in [0.717, 1.165) is 6.42 Å². The van der Waals surface area contributed by atoms with Crippen LogP contribution >= 0.6 is 0 Å². The van der Waals surface area contributed by atoms with Crippen LogP contribution in [0.3, 0.4) is 0 Å². The van der Waals surface area contributed by atoms with Crippen molar-refractivity contribution in [3.8, 4) is 0 Å². The molecule has 1 rings (SSSR count). The van der Waals surface area contributed by atoms with Gasteiger partial charge in [-0.2, -0.15) is 0 Å². The lowest BCUT2D eigenvalue weighted by molar-refractivity contribution is -0.157. The molecule has 0 heterocycles. The van der Waals surface area contributed by atoms with Gasteiger partial charge in [0.15, 0.2) is 0 Å². The van der Waals surface area contributed by atoms with Crippen LogP contribution in [0.15, 0.2) is 0 Å².